The molecule has 3 nitrogen and oxygen atoms in total. The van der Waals surface area contributed by atoms with Crippen LogP contribution in [0.3, 0.4) is 0 Å². The molecule has 1 amide bonds. The molecule has 2 aromatic rings. The molecule has 1 fully saturated rings. The number of likely N-dealkylation sites (tertiary alicyclic amines) is 1. The number of hydrogen-bond donors (Lipinski definition) is 1. The maximum Gasteiger partial charge on any atom is 0.222 e. The van der Waals surface area contributed by atoms with Crippen molar-refractivity contribution < 1.29 is 14.3 Å². The van der Waals surface area contributed by atoms with E-state index in [1.807, 2.05) is 30.3 Å². The summed E-state index contributed by atoms with van der Waals surface area (Å²) in [6, 6.07) is 15.9. The molecule has 1 heterocycles. The van der Waals surface area contributed by atoms with Crippen LogP contribution in [0.15, 0.2) is 54.6 Å². The van der Waals surface area contributed by atoms with Crippen LogP contribution in [0.2, 0.25) is 0 Å². The van der Waals surface area contributed by atoms with Crippen LogP contribution in [0.5, 0.6) is 0 Å². The molecule has 24 heavy (non-hydrogen) atoms. The SMILES string of the molecule is O=C(CCCc1ccc(F)cc1)N1CC[C@](O)(c2ccccc2)C1. The van der Waals surface area contributed by atoms with Crippen LogP contribution in [-0.4, -0.2) is 29.0 Å². The molecule has 0 saturated carbocycles. The van der Waals surface area contributed by atoms with Crippen molar-refractivity contribution in [3.05, 3.63) is 71.5 Å². The number of benzene rings is 2. The maximum absolute atomic E-state index is 12.9. The van der Waals surface area contributed by atoms with Gasteiger partial charge >= 0.3 is 0 Å². The van der Waals surface area contributed by atoms with Crippen molar-refractivity contribution in [1.29, 1.82) is 0 Å². The van der Waals surface area contributed by atoms with Gasteiger partial charge in [0.15, 0.2) is 0 Å². The number of aryl methyl sites for hydroxylation is 1. The van der Waals surface area contributed by atoms with E-state index in [1.54, 1.807) is 17.0 Å². The molecule has 2 aromatic carbocycles. The van der Waals surface area contributed by atoms with Crippen molar-refractivity contribution in [3.8, 4) is 0 Å². The van der Waals surface area contributed by atoms with E-state index in [0.29, 0.717) is 25.9 Å². The van der Waals surface area contributed by atoms with Crippen molar-refractivity contribution in [1.82, 2.24) is 4.90 Å². The van der Waals surface area contributed by atoms with Gasteiger partial charge in [0, 0.05) is 13.0 Å². The molecule has 4 heteroatoms. The first kappa shape index (κ1) is 16.7. The van der Waals surface area contributed by atoms with E-state index < -0.39 is 5.60 Å². The summed E-state index contributed by atoms with van der Waals surface area (Å²) in [4.78, 5) is 14.1. The quantitative estimate of drug-likeness (QED) is 0.916. The summed E-state index contributed by atoms with van der Waals surface area (Å²) in [5, 5.41) is 10.8. The van der Waals surface area contributed by atoms with E-state index in [9.17, 15) is 14.3 Å². The normalized spacial score (nSPS) is 20.3. The van der Waals surface area contributed by atoms with Gasteiger partial charge in [-0.3, -0.25) is 4.79 Å². The van der Waals surface area contributed by atoms with E-state index >= 15 is 0 Å². The predicted molar refractivity (Wildman–Crippen MR) is 90.9 cm³/mol. The van der Waals surface area contributed by atoms with Gasteiger partial charge in [0.1, 0.15) is 11.4 Å². The Balaban J connectivity index is 1.50. The summed E-state index contributed by atoms with van der Waals surface area (Å²) in [5.74, 6) is -0.170. The number of halogens is 1. The fourth-order valence-electron chi connectivity index (χ4n) is 3.24. The lowest BCUT2D eigenvalue weighted by atomic mass is 9.93. The van der Waals surface area contributed by atoms with Crippen LogP contribution in [0.4, 0.5) is 4.39 Å². The molecular weight excluding hydrogens is 305 g/mol. The molecule has 0 spiro atoms. The van der Waals surface area contributed by atoms with Gasteiger partial charge in [-0.2, -0.15) is 0 Å². The highest BCUT2D eigenvalue weighted by Crippen LogP contribution is 2.32. The number of aliphatic hydroxyl groups is 1. The summed E-state index contributed by atoms with van der Waals surface area (Å²) in [5.41, 5.74) is 0.964. The number of β-amino-alcohol motifs (C(OH)–C–C–N with tert-alkyl or cyclic N) is 1. The zero-order valence-electron chi connectivity index (χ0n) is 13.6. The van der Waals surface area contributed by atoms with Gasteiger partial charge in [-0.05, 0) is 42.5 Å². The largest absolute Gasteiger partial charge is 0.383 e. The lowest BCUT2D eigenvalue weighted by Crippen LogP contribution is -2.34. The second kappa shape index (κ2) is 7.14. The number of carbonyl (C=O) groups excluding carboxylic acids is 1. The van der Waals surface area contributed by atoms with Crippen molar-refractivity contribution in [2.24, 2.45) is 0 Å². The first-order valence-corrected chi connectivity index (χ1v) is 8.37. The second-order valence-electron chi connectivity index (χ2n) is 6.44. The minimum atomic E-state index is -0.937. The first-order chi connectivity index (χ1) is 11.6. The molecule has 126 valence electrons. The molecule has 1 aliphatic rings. The zero-order chi connectivity index (χ0) is 17.0. The lowest BCUT2D eigenvalue weighted by Gasteiger charge is -2.24. The number of amides is 1. The van der Waals surface area contributed by atoms with Crippen LogP contribution in [0, 0.1) is 5.82 Å². The minimum Gasteiger partial charge on any atom is -0.383 e. The third-order valence-electron chi connectivity index (χ3n) is 4.68. The average Bonchev–Trinajstić information content (AvgIpc) is 3.01. The fourth-order valence-corrected chi connectivity index (χ4v) is 3.24. The van der Waals surface area contributed by atoms with Crippen LogP contribution < -0.4 is 0 Å². The van der Waals surface area contributed by atoms with Gasteiger partial charge in [-0.15, -0.1) is 0 Å². The molecule has 0 radical (unpaired) electrons. The summed E-state index contributed by atoms with van der Waals surface area (Å²) in [6.45, 7) is 0.938. The molecule has 0 unspecified atom stereocenters. The van der Waals surface area contributed by atoms with Gasteiger partial charge in [-0.25, -0.2) is 4.39 Å². The Bertz CT molecular complexity index is 687. The average molecular weight is 327 g/mol. The second-order valence-corrected chi connectivity index (χ2v) is 6.44. The van der Waals surface area contributed by atoms with Gasteiger partial charge < -0.3 is 10.0 Å². The molecule has 0 aliphatic carbocycles. The van der Waals surface area contributed by atoms with Crippen molar-refractivity contribution in [3.63, 3.8) is 0 Å². The van der Waals surface area contributed by atoms with Crippen LogP contribution in [0.1, 0.15) is 30.4 Å². The summed E-state index contributed by atoms with van der Waals surface area (Å²) >= 11 is 0. The van der Waals surface area contributed by atoms with Gasteiger partial charge in [0.05, 0.1) is 6.54 Å². The molecule has 0 aromatic heterocycles. The van der Waals surface area contributed by atoms with E-state index in [0.717, 1.165) is 24.0 Å². The third-order valence-corrected chi connectivity index (χ3v) is 4.68. The lowest BCUT2D eigenvalue weighted by molar-refractivity contribution is -0.131. The summed E-state index contributed by atoms with van der Waals surface area (Å²) in [6.07, 6.45) is 2.50. The standard InChI is InChI=1S/C20H22FNO2/c21-18-11-9-16(10-12-18)5-4-8-19(23)22-14-13-20(24,15-22)17-6-2-1-3-7-17/h1-3,6-7,9-12,24H,4-5,8,13-15H2/t20-/m1/s1. The Hall–Kier alpha value is -2.20. The Morgan fingerprint density at radius 1 is 1.12 bits per heavy atom. The van der Waals surface area contributed by atoms with Crippen molar-refractivity contribution in [2.75, 3.05) is 13.1 Å². The highest BCUT2D eigenvalue weighted by molar-refractivity contribution is 5.76. The Morgan fingerprint density at radius 3 is 2.54 bits per heavy atom. The first-order valence-electron chi connectivity index (χ1n) is 8.37. The molecule has 1 atom stereocenters. The van der Waals surface area contributed by atoms with E-state index in [1.165, 1.54) is 12.1 Å². The maximum atomic E-state index is 12.9. The molecule has 0 bridgehead atoms. The predicted octanol–water partition coefficient (Wildman–Crippen LogP) is 3.27. The number of carbonyl (C=O) groups is 1. The third kappa shape index (κ3) is 3.82. The number of nitrogens with zero attached hydrogens (tertiary/aromatic N) is 1. The molecular formula is C20H22FNO2. The Labute approximate surface area is 141 Å². The van der Waals surface area contributed by atoms with Gasteiger partial charge in [0.25, 0.3) is 0 Å². The van der Waals surface area contributed by atoms with E-state index in [4.69, 9.17) is 0 Å². The monoisotopic (exact) mass is 327 g/mol. The van der Waals surface area contributed by atoms with Crippen LogP contribution >= 0.6 is 0 Å². The minimum absolute atomic E-state index is 0.0731. The highest BCUT2D eigenvalue weighted by atomic mass is 19.1. The summed E-state index contributed by atoms with van der Waals surface area (Å²) in [7, 11) is 0. The zero-order valence-corrected chi connectivity index (χ0v) is 13.6. The molecule has 1 N–H and O–H groups in total. The molecule has 1 aliphatic heterocycles. The van der Waals surface area contributed by atoms with Crippen LogP contribution in [-0.2, 0) is 16.8 Å². The Kier molecular flexibility index (Phi) is 4.95. The fraction of sp³-hybridized carbons (Fsp3) is 0.350. The van der Waals surface area contributed by atoms with Crippen molar-refractivity contribution >= 4 is 5.91 Å². The summed E-state index contributed by atoms with van der Waals surface area (Å²) < 4.78 is 12.9. The molecule has 3 rings (SSSR count). The van der Waals surface area contributed by atoms with E-state index in [2.05, 4.69) is 0 Å². The topological polar surface area (TPSA) is 40.5 Å². The van der Waals surface area contributed by atoms with Crippen LogP contribution in [0.25, 0.3) is 0 Å². The highest BCUT2D eigenvalue weighted by Gasteiger charge is 2.39. The van der Waals surface area contributed by atoms with Gasteiger partial charge in [0.2, 0.25) is 5.91 Å². The molecule has 1 saturated heterocycles. The van der Waals surface area contributed by atoms with E-state index in [-0.39, 0.29) is 11.7 Å². The number of rotatable bonds is 5. The van der Waals surface area contributed by atoms with Gasteiger partial charge in [-0.1, -0.05) is 42.5 Å². The Morgan fingerprint density at radius 2 is 1.83 bits per heavy atom. The number of hydrogen-bond acceptors (Lipinski definition) is 2. The van der Waals surface area contributed by atoms with Crippen molar-refractivity contribution in [2.45, 2.75) is 31.3 Å². The smallest absolute Gasteiger partial charge is 0.222 e.